The summed E-state index contributed by atoms with van der Waals surface area (Å²) in [4.78, 5) is 0.136. The van der Waals surface area contributed by atoms with E-state index in [4.69, 9.17) is 5.14 Å². The van der Waals surface area contributed by atoms with Crippen LogP contribution < -0.4 is 10.5 Å². The zero-order valence-electron chi connectivity index (χ0n) is 12.5. The molecule has 5 heteroatoms. The van der Waals surface area contributed by atoms with E-state index in [0.29, 0.717) is 6.54 Å². The van der Waals surface area contributed by atoms with Crippen molar-refractivity contribution in [1.82, 2.24) is 0 Å². The molecule has 3 N–H and O–H groups in total. The Morgan fingerprint density at radius 3 is 2.43 bits per heavy atom. The number of nitrogens with one attached hydrogen (secondary N) is 1. The maximum Gasteiger partial charge on any atom is 0.238 e. The molecule has 0 fully saturated rings. The van der Waals surface area contributed by atoms with Gasteiger partial charge in [-0.3, -0.25) is 0 Å². The van der Waals surface area contributed by atoms with Gasteiger partial charge < -0.3 is 5.32 Å². The minimum Gasteiger partial charge on any atom is -0.381 e. The molecule has 0 atom stereocenters. The molecular weight excluding hydrogens is 284 g/mol. The second kappa shape index (κ2) is 5.87. The first-order chi connectivity index (χ1) is 9.77. The number of nitrogens with two attached hydrogens (primary N) is 1. The highest BCUT2D eigenvalue weighted by Gasteiger charge is 2.12. The number of primary sulfonamides is 1. The van der Waals surface area contributed by atoms with Crippen molar-refractivity contribution >= 4 is 15.7 Å². The Morgan fingerprint density at radius 1 is 1.10 bits per heavy atom. The molecule has 0 aromatic heterocycles. The molecule has 0 spiro atoms. The monoisotopic (exact) mass is 304 g/mol. The van der Waals surface area contributed by atoms with E-state index in [9.17, 15) is 8.42 Å². The quantitative estimate of drug-likeness (QED) is 0.912. The average Bonchev–Trinajstić information content (AvgIpc) is 2.39. The third-order valence-electron chi connectivity index (χ3n) is 3.53. The maximum atomic E-state index is 11.5. The van der Waals surface area contributed by atoms with Gasteiger partial charge in [0.1, 0.15) is 0 Å². The average molecular weight is 304 g/mol. The van der Waals surface area contributed by atoms with Crippen molar-refractivity contribution < 1.29 is 8.42 Å². The van der Waals surface area contributed by atoms with Crippen molar-refractivity contribution in [2.24, 2.45) is 5.14 Å². The van der Waals surface area contributed by atoms with Crippen LogP contribution >= 0.6 is 0 Å². The van der Waals surface area contributed by atoms with E-state index < -0.39 is 10.0 Å². The lowest BCUT2D eigenvalue weighted by atomic mass is 10.1. The second-order valence-electron chi connectivity index (χ2n) is 5.30. The minimum atomic E-state index is -3.69. The van der Waals surface area contributed by atoms with E-state index >= 15 is 0 Å². The number of hydrogen-bond acceptors (Lipinski definition) is 3. The second-order valence-corrected chi connectivity index (χ2v) is 6.86. The van der Waals surface area contributed by atoms with Crippen LogP contribution in [0.25, 0.3) is 0 Å². The molecule has 21 heavy (non-hydrogen) atoms. The fourth-order valence-electron chi connectivity index (χ4n) is 2.19. The minimum absolute atomic E-state index is 0.136. The lowest BCUT2D eigenvalue weighted by Gasteiger charge is -2.14. The Morgan fingerprint density at radius 2 is 1.81 bits per heavy atom. The SMILES string of the molecule is Cc1cccc(CNc2cc(S(N)(=O)=O)cc(C)c2C)c1. The van der Waals surface area contributed by atoms with Crippen molar-refractivity contribution in [3.05, 3.63) is 58.7 Å². The van der Waals surface area contributed by atoms with Crippen LogP contribution in [0.3, 0.4) is 0 Å². The largest absolute Gasteiger partial charge is 0.381 e. The number of benzene rings is 2. The molecule has 0 aliphatic rings. The van der Waals surface area contributed by atoms with Crippen molar-refractivity contribution in [1.29, 1.82) is 0 Å². The van der Waals surface area contributed by atoms with Gasteiger partial charge in [-0.15, -0.1) is 0 Å². The third kappa shape index (κ3) is 3.83. The predicted octanol–water partition coefficient (Wildman–Crippen LogP) is 2.87. The highest BCUT2D eigenvalue weighted by atomic mass is 32.2. The Hall–Kier alpha value is -1.85. The Labute approximate surface area is 126 Å². The van der Waals surface area contributed by atoms with Crippen LogP contribution in [0, 0.1) is 20.8 Å². The van der Waals surface area contributed by atoms with Crippen LogP contribution in [-0.2, 0) is 16.6 Å². The predicted molar refractivity (Wildman–Crippen MR) is 85.8 cm³/mol. The number of rotatable bonds is 4. The first-order valence-electron chi connectivity index (χ1n) is 6.71. The standard InChI is InChI=1S/C16H20N2O2S/c1-11-5-4-6-14(7-11)10-18-16-9-15(21(17,19)20)8-12(2)13(16)3/h4-9,18H,10H2,1-3H3,(H2,17,19,20). The van der Waals surface area contributed by atoms with Gasteiger partial charge in [0.2, 0.25) is 10.0 Å². The van der Waals surface area contributed by atoms with Crippen LogP contribution in [0.15, 0.2) is 41.3 Å². The van der Waals surface area contributed by atoms with Gasteiger partial charge >= 0.3 is 0 Å². The topological polar surface area (TPSA) is 72.2 Å². The third-order valence-corrected chi connectivity index (χ3v) is 4.43. The van der Waals surface area contributed by atoms with Gasteiger partial charge in [-0.25, -0.2) is 13.6 Å². The molecule has 0 aliphatic carbocycles. The zero-order chi connectivity index (χ0) is 15.6. The molecular formula is C16H20N2O2S. The Bertz CT molecular complexity index is 768. The normalized spacial score (nSPS) is 11.4. The van der Waals surface area contributed by atoms with Gasteiger partial charge in [0, 0.05) is 12.2 Å². The summed E-state index contributed by atoms with van der Waals surface area (Å²) < 4.78 is 23.0. The van der Waals surface area contributed by atoms with Crippen molar-refractivity contribution in [3.8, 4) is 0 Å². The molecule has 0 bridgehead atoms. The molecule has 2 aromatic carbocycles. The molecule has 112 valence electrons. The highest BCUT2D eigenvalue weighted by molar-refractivity contribution is 7.89. The van der Waals surface area contributed by atoms with E-state index in [2.05, 4.69) is 11.4 Å². The van der Waals surface area contributed by atoms with Gasteiger partial charge in [0.25, 0.3) is 0 Å². The van der Waals surface area contributed by atoms with Gasteiger partial charge in [-0.05, 0) is 49.6 Å². The highest BCUT2D eigenvalue weighted by Crippen LogP contribution is 2.24. The van der Waals surface area contributed by atoms with E-state index in [1.54, 1.807) is 12.1 Å². The molecule has 0 heterocycles. The number of anilines is 1. The lowest BCUT2D eigenvalue weighted by Crippen LogP contribution is -2.13. The van der Waals surface area contributed by atoms with Crippen molar-refractivity contribution in [2.75, 3.05) is 5.32 Å². The van der Waals surface area contributed by atoms with Crippen LogP contribution in [0.2, 0.25) is 0 Å². The van der Waals surface area contributed by atoms with Crippen LogP contribution in [-0.4, -0.2) is 8.42 Å². The number of aryl methyl sites for hydroxylation is 2. The molecule has 2 rings (SSSR count). The van der Waals surface area contributed by atoms with Gasteiger partial charge in [0.15, 0.2) is 0 Å². The molecule has 0 aliphatic heterocycles. The van der Waals surface area contributed by atoms with E-state index in [0.717, 1.165) is 22.4 Å². The summed E-state index contributed by atoms with van der Waals surface area (Å²) in [5, 5.41) is 8.51. The smallest absolute Gasteiger partial charge is 0.238 e. The molecule has 0 unspecified atom stereocenters. The molecule has 4 nitrogen and oxygen atoms in total. The van der Waals surface area contributed by atoms with E-state index in [1.165, 1.54) is 5.56 Å². The molecule has 0 saturated heterocycles. The molecule has 2 aromatic rings. The number of hydrogen-bond donors (Lipinski definition) is 2. The van der Waals surface area contributed by atoms with E-state index in [-0.39, 0.29) is 4.90 Å². The zero-order valence-corrected chi connectivity index (χ0v) is 13.3. The van der Waals surface area contributed by atoms with Gasteiger partial charge in [-0.1, -0.05) is 29.8 Å². The van der Waals surface area contributed by atoms with Crippen molar-refractivity contribution in [3.63, 3.8) is 0 Å². The summed E-state index contributed by atoms with van der Waals surface area (Å²) in [6.45, 7) is 6.51. The van der Waals surface area contributed by atoms with Gasteiger partial charge in [-0.2, -0.15) is 0 Å². The van der Waals surface area contributed by atoms with Crippen LogP contribution in [0.1, 0.15) is 22.3 Å². The first-order valence-corrected chi connectivity index (χ1v) is 8.25. The van der Waals surface area contributed by atoms with Gasteiger partial charge in [0.05, 0.1) is 4.90 Å². The summed E-state index contributed by atoms with van der Waals surface area (Å²) in [6.07, 6.45) is 0. The summed E-state index contributed by atoms with van der Waals surface area (Å²) in [7, 11) is -3.69. The Kier molecular flexibility index (Phi) is 4.34. The van der Waals surface area contributed by atoms with Crippen LogP contribution in [0.5, 0.6) is 0 Å². The van der Waals surface area contributed by atoms with Crippen molar-refractivity contribution in [2.45, 2.75) is 32.2 Å². The number of sulfonamides is 1. The first kappa shape index (κ1) is 15.5. The maximum absolute atomic E-state index is 11.5. The lowest BCUT2D eigenvalue weighted by molar-refractivity contribution is 0.597. The van der Waals surface area contributed by atoms with E-state index in [1.807, 2.05) is 39.0 Å². The molecule has 0 amide bonds. The summed E-state index contributed by atoms with van der Waals surface area (Å²) in [5.41, 5.74) is 5.05. The fourth-order valence-corrected chi connectivity index (χ4v) is 2.82. The fraction of sp³-hybridized carbons (Fsp3) is 0.250. The summed E-state index contributed by atoms with van der Waals surface area (Å²) >= 11 is 0. The Balaban J connectivity index is 2.29. The molecule has 0 radical (unpaired) electrons. The summed E-state index contributed by atoms with van der Waals surface area (Å²) in [6, 6.07) is 11.4. The van der Waals surface area contributed by atoms with Crippen LogP contribution in [0.4, 0.5) is 5.69 Å². The molecule has 0 saturated carbocycles. The summed E-state index contributed by atoms with van der Waals surface area (Å²) in [5.74, 6) is 0.